The van der Waals surface area contributed by atoms with Crippen molar-refractivity contribution < 1.29 is 23.4 Å². The van der Waals surface area contributed by atoms with Gasteiger partial charge in [-0.2, -0.15) is 0 Å². The van der Waals surface area contributed by atoms with Crippen molar-refractivity contribution >= 4 is 16.9 Å². The van der Waals surface area contributed by atoms with E-state index in [0.29, 0.717) is 12.1 Å². The lowest BCUT2D eigenvalue weighted by Crippen LogP contribution is -2.19. The third-order valence-corrected chi connectivity index (χ3v) is 5.97. The number of carboxylic acid groups (broad SMARTS) is 1. The molecule has 31 heavy (non-hydrogen) atoms. The first-order valence-corrected chi connectivity index (χ1v) is 10.0. The van der Waals surface area contributed by atoms with E-state index in [1.807, 2.05) is 19.2 Å². The number of nitrogens with zero attached hydrogens (tertiary/aromatic N) is 2. The Hall–Kier alpha value is -3.26. The van der Waals surface area contributed by atoms with Gasteiger partial charge in [-0.3, -0.25) is 9.69 Å². The van der Waals surface area contributed by atoms with Crippen molar-refractivity contribution in [1.29, 1.82) is 0 Å². The zero-order valence-electron chi connectivity index (χ0n) is 16.8. The maximum absolute atomic E-state index is 15.4. The summed E-state index contributed by atoms with van der Waals surface area (Å²) in [5, 5.41) is 9.31. The van der Waals surface area contributed by atoms with Crippen LogP contribution in [0.4, 0.5) is 8.78 Å². The van der Waals surface area contributed by atoms with Gasteiger partial charge in [0.25, 0.3) is 0 Å². The summed E-state index contributed by atoms with van der Waals surface area (Å²) < 4.78 is 35.7. The van der Waals surface area contributed by atoms with Crippen molar-refractivity contribution in [3.05, 3.63) is 63.2 Å². The maximum Gasteiger partial charge on any atom is 0.341 e. The van der Waals surface area contributed by atoms with Crippen molar-refractivity contribution in [2.45, 2.75) is 32.0 Å². The van der Waals surface area contributed by atoms with Crippen LogP contribution in [0.3, 0.4) is 0 Å². The van der Waals surface area contributed by atoms with Gasteiger partial charge in [0, 0.05) is 25.3 Å². The molecule has 0 spiro atoms. The number of carboxylic acids is 1. The molecule has 8 heteroatoms. The van der Waals surface area contributed by atoms with Crippen LogP contribution >= 0.6 is 0 Å². The van der Waals surface area contributed by atoms with E-state index in [2.05, 4.69) is 4.90 Å². The number of benzene rings is 2. The topological polar surface area (TPSA) is 71.8 Å². The van der Waals surface area contributed by atoms with E-state index >= 15 is 4.39 Å². The predicted molar refractivity (Wildman–Crippen MR) is 111 cm³/mol. The second-order valence-corrected chi connectivity index (χ2v) is 8.18. The Labute approximate surface area is 176 Å². The van der Waals surface area contributed by atoms with E-state index in [0.717, 1.165) is 36.6 Å². The summed E-state index contributed by atoms with van der Waals surface area (Å²) in [7, 11) is 1.99. The Kier molecular flexibility index (Phi) is 4.55. The highest BCUT2D eigenvalue weighted by molar-refractivity contribution is 5.98. The smallest absolute Gasteiger partial charge is 0.341 e. The number of aromatic nitrogens is 1. The highest BCUT2D eigenvalue weighted by Crippen LogP contribution is 2.44. The molecule has 1 saturated carbocycles. The molecule has 0 atom stereocenters. The molecule has 0 radical (unpaired) electrons. The lowest BCUT2D eigenvalue weighted by Gasteiger charge is -2.19. The molecule has 0 saturated heterocycles. The maximum atomic E-state index is 15.4. The number of pyridine rings is 1. The molecule has 160 valence electrons. The van der Waals surface area contributed by atoms with Crippen LogP contribution in [0.15, 0.2) is 35.3 Å². The highest BCUT2D eigenvalue weighted by atomic mass is 19.1. The summed E-state index contributed by atoms with van der Waals surface area (Å²) in [6.07, 6.45) is 2.82. The lowest BCUT2D eigenvalue weighted by molar-refractivity contribution is 0.0694. The van der Waals surface area contributed by atoms with Gasteiger partial charge in [0.2, 0.25) is 12.3 Å². The molecule has 0 bridgehead atoms. The van der Waals surface area contributed by atoms with E-state index in [4.69, 9.17) is 4.74 Å². The number of fused-ring (bicyclic) bond motifs is 2. The second-order valence-electron chi connectivity index (χ2n) is 8.18. The van der Waals surface area contributed by atoms with Crippen LogP contribution in [-0.2, 0) is 13.1 Å². The van der Waals surface area contributed by atoms with E-state index in [1.54, 1.807) is 10.6 Å². The minimum Gasteiger partial charge on any atom is -0.477 e. The molecule has 1 fully saturated rings. The van der Waals surface area contributed by atoms with Gasteiger partial charge >= 0.3 is 5.97 Å². The standard InChI is InChI=1S/C23H20F2N2O4/c1-26-8-13-3-2-12(6-14(13)9-26)19-18(25)7-16-20(22(19)31-11-24)27(15-4-5-15)10-17(21(16)28)23(29)30/h2-3,6-7,10,15H,4-5,8-9,11H2,1H3,(H,29,30). The fourth-order valence-corrected chi connectivity index (χ4v) is 4.43. The van der Waals surface area contributed by atoms with Crippen molar-refractivity contribution in [1.82, 2.24) is 9.47 Å². The largest absolute Gasteiger partial charge is 0.477 e. The first kappa shape index (κ1) is 19.7. The van der Waals surface area contributed by atoms with Crippen LogP contribution in [0.5, 0.6) is 5.75 Å². The van der Waals surface area contributed by atoms with Crippen LogP contribution in [0.25, 0.3) is 22.0 Å². The molecule has 2 aliphatic rings. The Morgan fingerprint density at radius 1 is 1.23 bits per heavy atom. The number of ether oxygens (including phenoxy) is 1. The SMILES string of the molecule is CN1Cc2ccc(-c3c(F)cc4c(=O)c(C(=O)O)cn(C5CC5)c4c3OCF)cc2C1. The van der Waals surface area contributed by atoms with Crippen molar-refractivity contribution in [3.8, 4) is 16.9 Å². The van der Waals surface area contributed by atoms with Crippen LogP contribution in [0.2, 0.25) is 0 Å². The van der Waals surface area contributed by atoms with Gasteiger partial charge in [0.05, 0.1) is 16.5 Å². The van der Waals surface area contributed by atoms with Crippen LogP contribution in [0.1, 0.15) is 40.4 Å². The van der Waals surface area contributed by atoms with Crippen molar-refractivity contribution in [2.75, 3.05) is 13.9 Å². The summed E-state index contributed by atoms with van der Waals surface area (Å²) in [5.74, 6) is -2.23. The average Bonchev–Trinajstić information content (AvgIpc) is 3.49. The van der Waals surface area contributed by atoms with E-state index in [9.17, 15) is 19.1 Å². The molecule has 5 rings (SSSR count). The number of rotatable bonds is 5. The molecule has 2 heterocycles. The molecule has 0 unspecified atom stereocenters. The van der Waals surface area contributed by atoms with Crippen LogP contribution in [0, 0.1) is 5.82 Å². The molecular formula is C23H20F2N2O4. The zero-order valence-corrected chi connectivity index (χ0v) is 16.8. The fourth-order valence-electron chi connectivity index (χ4n) is 4.43. The monoisotopic (exact) mass is 426 g/mol. The van der Waals surface area contributed by atoms with Gasteiger partial charge < -0.3 is 14.4 Å². The number of hydrogen-bond acceptors (Lipinski definition) is 4. The number of halogens is 2. The van der Waals surface area contributed by atoms with Crippen LogP contribution in [-0.4, -0.2) is 34.5 Å². The number of hydrogen-bond donors (Lipinski definition) is 1. The van der Waals surface area contributed by atoms with Gasteiger partial charge in [0.1, 0.15) is 11.4 Å². The normalized spacial score (nSPS) is 16.0. The molecule has 1 aliphatic carbocycles. The Morgan fingerprint density at radius 2 is 1.97 bits per heavy atom. The summed E-state index contributed by atoms with van der Waals surface area (Å²) in [6.45, 7) is 0.300. The first-order chi connectivity index (χ1) is 14.9. The molecule has 2 aromatic carbocycles. The number of carbonyl (C=O) groups is 1. The molecule has 6 nitrogen and oxygen atoms in total. The van der Waals surface area contributed by atoms with Crippen molar-refractivity contribution in [3.63, 3.8) is 0 Å². The Morgan fingerprint density at radius 3 is 2.65 bits per heavy atom. The molecule has 1 N–H and O–H groups in total. The molecule has 0 amide bonds. The Balaban J connectivity index is 1.84. The predicted octanol–water partition coefficient (Wildman–Crippen LogP) is 4.09. The molecule has 3 aromatic rings. The second kappa shape index (κ2) is 7.16. The van der Waals surface area contributed by atoms with Gasteiger partial charge in [-0.15, -0.1) is 0 Å². The van der Waals surface area contributed by atoms with Gasteiger partial charge in [-0.25, -0.2) is 13.6 Å². The minimum atomic E-state index is -1.39. The molecule has 1 aromatic heterocycles. The third-order valence-electron chi connectivity index (χ3n) is 5.97. The van der Waals surface area contributed by atoms with E-state index in [-0.39, 0.29) is 28.3 Å². The zero-order chi connectivity index (χ0) is 21.9. The quantitative estimate of drug-likeness (QED) is 0.665. The van der Waals surface area contributed by atoms with Crippen LogP contribution < -0.4 is 10.2 Å². The summed E-state index contributed by atoms with van der Waals surface area (Å²) in [4.78, 5) is 26.5. The number of alkyl halides is 1. The summed E-state index contributed by atoms with van der Waals surface area (Å²) in [5.41, 5.74) is 1.74. The fraction of sp³-hybridized carbons (Fsp3) is 0.304. The molecular weight excluding hydrogens is 406 g/mol. The van der Waals surface area contributed by atoms with Gasteiger partial charge in [-0.1, -0.05) is 12.1 Å². The highest BCUT2D eigenvalue weighted by Gasteiger charge is 2.31. The summed E-state index contributed by atoms with van der Waals surface area (Å²) in [6, 6.07) is 6.54. The average molecular weight is 426 g/mol. The molecule has 1 aliphatic heterocycles. The summed E-state index contributed by atoms with van der Waals surface area (Å²) >= 11 is 0. The first-order valence-electron chi connectivity index (χ1n) is 10.0. The van der Waals surface area contributed by atoms with Gasteiger partial charge in [-0.05, 0) is 48.7 Å². The van der Waals surface area contributed by atoms with E-state index in [1.165, 1.54) is 6.20 Å². The van der Waals surface area contributed by atoms with Crippen molar-refractivity contribution in [2.24, 2.45) is 0 Å². The minimum absolute atomic E-state index is 0.0462. The van der Waals surface area contributed by atoms with E-state index < -0.39 is 29.6 Å². The number of aromatic carboxylic acids is 1. The lowest BCUT2D eigenvalue weighted by atomic mass is 9.97. The van der Waals surface area contributed by atoms with Gasteiger partial charge in [0.15, 0.2) is 5.75 Å². The Bertz CT molecular complexity index is 1300. The third kappa shape index (κ3) is 3.18.